The van der Waals surface area contributed by atoms with Gasteiger partial charge in [-0.25, -0.2) is 13.6 Å². The van der Waals surface area contributed by atoms with Crippen molar-refractivity contribution in [3.05, 3.63) is 30.0 Å². The second-order valence-electron chi connectivity index (χ2n) is 3.22. The number of primary sulfonamides is 1. The molecule has 1 amide bonds. The number of hydrogen-bond acceptors (Lipinski definition) is 4. The first kappa shape index (κ1) is 10.7. The molecule has 1 aromatic heterocycles. The summed E-state index contributed by atoms with van der Waals surface area (Å²) < 4.78 is 27.2. The van der Waals surface area contributed by atoms with Crippen LogP contribution >= 0.6 is 0 Å². The molecule has 0 radical (unpaired) electrons. The van der Waals surface area contributed by atoms with Crippen molar-refractivity contribution in [2.75, 3.05) is 0 Å². The van der Waals surface area contributed by atoms with Gasteiger partial charge in [-0.1, -0.05) is 0 Å². The van der Waals surface area contributed by atoms with E-state index in [2.05, 4.69) is 0 Å². The molecule has 0 saturated heterocycles. The van der Waals surface area contributed by atoms with Crippen molar-refractivity contribution in [2.45, 2.75) is 4.90 Å². The second kappa shape index (κ2) is 3.32. The van der Waals surface area contributed by atoms with Crippen molar-refractivity contribution in [1.29, 1.82) is 0 Å². The molecule has 1 aromatic carbocycles. The lowest BCUT2D eigenvalue weighted by molar-refractivity contribution is 0.0976. The quantitative estimate of drug-likeness (QED) is 0.778. The molecule has 0 aliphatic rings. The van der Waals surface area contributed by atoms with Crippen LogP contribution in [0.2, 0.25) is 0 Å². The van der Waals surface area contributed by atoms with Crippen LogP contribution in [0.25, 0.3) is 11.0 Å². The Kier molecular flexibility index (Phi) is 2.21. The highest BCUT2D eigenvalue weighted by atomic mass is 32.2. The Morgan fingerprint density at radius 2 is 1.94 bits per heavy atom. The van der Waals surface area contributed by atoms with Crippen LogP contribution in [0.4, 0.5) is 0 Å². The van der Waals surface area contributed by atoms with Crippen molar-refractivity contribution in [2.24, 2.45) is 10.9 Å². The third kappa shape index (κ3) is 1.77. The molecule has 0 aliphatic carbocycles. The van der Waals surface area contributed by atoms with E-state index in [1.54, 1.807) is 0 Å². The first-order valence-electron chi connectivity index (χ1n) is 4.24. The zero-order chi connectivity index (χ0) is 11.9. The van der Waals surface area contributed by atoms with Gasteiger partial charge in [0.1, 0.15) is 5.58 Å². The van der Waals surface area contributed by atoms with E-state index in [1.807, 2.05) is 0 Å². The van der Waals surface area contributed by atoms with Gasteiger partial charge in [0, 0.05) is 5.39 Å². The highest BCUT2D eigenvalue weighted by Crippen LogP contribution is 2.22. The van der Waals surface area contributed by atoms with E-state index in [0.717, 1.165) is 0 Å². The van der Waals surface area contributed by atoms with Crippen LogP contribution in [0.15, 0.2) is 33.6 Å². The lowest BCUT2D eigenvalue weighted by Crippen LogP contribution is -2.11. The molecule has 4 N–H and O–H groups in total. The van der Waals surface area contributed by atoms with E-state index in [0.29, 0.717) is 11.0 Å². The van der Waals surface area contributed by atoms with Gasteiger partial charge in [0.2, 0.25) is 10.0 Å². The molecule has 0 atom stereocenters. The number of carbonyl (C=O) groups excluding carboxylic acids is 1. The van der Waals surface area contributed by atoms with Gasteiger partial charge in [-0.2, -0.15) is 0 Å². The van der Waals surface area contributed by atoms with Crippen LogP contribution in [0.1, 0.15) is 10.6 Å². The molecule has 0 unspecified atom stereocenters. The molecule has 2 aromatic rings. The minimum atomic E-state index is -3.76. The molecule has 0 fully saturated rings. The average Bonchev–Trinajstić information content (AvgIpc) is 2.58. The van der Waals surface area contributed by atoms with Gasteiger partial charge in [-0.3, -0.25) is 4.79 Å². The topological polar surface area (TPSA) is 116 Å². The van der Waals surface area contributed by atoms with Crippen molar-refractivity contribution in [1.82, 2.24) is 0 Å². The van der Waals surface area contributed by atoms with Gasteiger partial charge in [0.05, 0.1) is 4.90 Å². The largest absolute Gasteiger partial charge is 0.451 e. The number of furan rings is 1. The van der Waals surface area contributed by atoms with Gasteiger partial charge >= 0.3 is 0 Å². The Morgan fingerprint density at radius 1 is 1.25 bits per heavy atom. The van der Waals surface area contributed by atoms with Gasteiger partial charge in [0.15, 0.2) is 5.76 Å². The molecule has 0 bridgehead atoms. The van der Waals surface area contributed by atoms with Crippen molar-refractivity contribution in [3.63, 3.8) is 0 Å². The fourth-order valence-corrected chi connectivity index (χ4v) is 1.87. The molecule has 7 heteroatoms. The highest BCUT2D eigenvalue weighted by Gasteiger charge is 2.12. The van der Waals surface area contributed by atoms with Crippen LogP contribution < -0.4 is 10.9 Å². The molecule has 0 spiro atoms. The van der Waals surface area contributed by atoms with E-state index < -0.39 is 15.9 Å². The summed E-state index contributed by atoms with van der Waals surface area (Å²) in [6.07, 6.45) is 0. The highest BCUT2D eigenvalue weighted by molar-refractivity contribution is 7.89. The number of carbonyl (C=O) groups is 1. The van der Waals surface area contributed by atoms with Crippen molar-refractivity contribution < 1.29 is 17.6 Å². The van der Waals surface area contributed by atoms with Gasteiger partial charge < -0.3 is 10.2 Å². The van der Waals surface area contributed by atoms with E-state index in [9.17, 15) is 13.2 Å². The Balaban J connectivity index is 2.67. The maximum absolute atomic E-state index is 11.1. The first-order valence-corrected chi connectivity index (χ1v) is 5.79. The number of primary amides is 1. The Morgan fingerprint density at radius 3 is 2.50 bits per heavy atom. The number of benzene rings is 1. The fourth-order valence-electron chi connectivity index (χ4n) is 1.32. The number of amides is 1. The lowest BCUT2D eigenvalue weighted by Gasteiger charge is -1.96. The van der Waals surface area contributed by atoms with Crippen LogP contribution in [0.3, 0.4) is 0 Å². The second-order valence-corrected chi connectivity index (χ2v) is 4.78. The van der Waals surface area contributed by atoms with Crippen LogP contribution in [-0.4, -0.2) is 14.3 Å². The zero-order valence-electron chi connectivity index (χ0n) is 8.01. The maximum Gasteiger partial charge on any atom is 0.284 e. The number of sulfonamides is 1. The number of hydrogen-bond donors (Lipinski definition) is 2. The summed E-state index contributed by atoms with van der Waals surface area (Å²) in [5.74, 6) is -0.741. The normalized spacial score (nSPS) is 11.8. The third-order valence-corrected chi connectivity index (χ3v) is 2.97. The molecule has 0 aliphatic heterocycles. The molecule has 0 saturated carbocycles. The molecular weight excluding hydrogens is 232 g/mol. The fraction of sp³-hybridized carbons (Fsp3) is 0. The summed E-state index contributed by atoms with van der Waals surface area (Å²) in [6, 6.07) is 5.40. The molecular formula is C9H8N2O4S. The van der Waals surface area contributed by atoms with Gasteiger partial charge in [-0.15, -0.1) is 0 Å². The standard InChI is InChI=1S/C9H8N2O4S/c10-9(12)8-4-5-3-6(16(11,13)14)1-2-7(5)15-8/h1-4H,(H2,10,12)(H2,11,13,14). The number of nitrogens with two attached hydrogens (primary N) is 2. The molecule has 2 rings (SSSR count). The summed E-state index contributed by atoms with van der Waals surface area (Å²) in [5.41, 5.74) is 5.40. The smallest absolute Gasteiger partial charge is 0.284 e. The van der Waals surface area contributed by atoms with E-state index in [4.69, 9.17) is 15.3 Å². The Labute approximate surface area is 90.9 Å². The van der Waals surface area contributed by atoms with Crippen molar-refractivity contribution >= 4 is 26.9 Å². The minimum Gasteiger partial charge on any atom is -0.451 e. The summed E-state index contributed by atoms with van der Waals surface area (Å²) >= 11 is 0. The summed E-state index contributed by atoms with van der Waals surface area (Å²) in [4.78, 5) is 10.8. The SMILES string of the molecule is NC(=O)c1cc2cc(S(N)(=O)=O)ccc2o1. The lowest BCUT2D eigenvalue weighted by atomic mass is 10.2. The van der Waals surface area contributed by atoms with Crippen LogP contribution in [0, 0.1) is 0 Å². The summed E-state index contributed by atoms with van der Waals surface area (Å²) in [5, 5.41) is 5.42. The van der Waals surface area contributed by atoms with E-state index in [-0.39, 0.29) is 10.7 Å². The Bertz CT molecular complexity index is 672. The Hall–Kier alpha value is -1.86. The molecule has 16 heavy (non-hydrogen) atoms. The van der Waals surface area contributed by atoms with Crippen LogP contribution in [-0.2, 0) is 10.0 Å². The first-order chi connectivity index (χ1) is 7.38. The summed E-state index contributed by atoms with van der Waals surface area (Å²) in [6.45, 7) is 0. The monoisotopic (exact) mass is 240 g/mol. The van der Waals surface area contributed by atoms with Gasteiger partial charge in [-0.05, 0) is 24.3 Å². The third-order valence-electron chi connectivity index (χ3n) is 2.06. The molecule has 84 valence electrons. The van der Waals surface area contributed by atoms with E-state index >= 15 is 0 Å². The van der Waals surface area contributed by atoms with E-state index in [1.165, 1.54) is 24.3 Å². The molecule has 1 heterocycles. The zero-order valence-corrected chi connectivity index (χ0v) is 8.82. The molecule has 6 nitrogen and oxygen atoms in total. The summed E-state index contributed by atoms with van der Waals surface area (Å²) in [7, 11) is -3.76. The minimum absolute atomic E-state index is 0.0263. The van der Waals surface area contributed by atoms with Gasteiger partial charge in [0.25, 0.3) is 5.91 Å². The average molecular weight is 240 g/mol. The number of rotatable bonds is 2. The van der Waals surface area contributed by atoms with Crippen LogP contribution in [0.5, 0.6) is 0 Å². The predicted octanol–water partition coefficient (Wildman–Crippen LogP) is 0.179. The number of fused-ring (bicyclic) bond motifs is 1. The predicted molar refractivity (Wildman–Crippen MR) is 56.1 cm³/mol. The van der Waals surface area contributed by atoms with Crippen molar-refractivity contribution in [3.8, 4) is 0 Å². The maximum atomic E-state index is 11.1.